The van der Waals surface area contributed by atoms with Crippen LogP contribution in [0.4, 0.5) is 0 Å². The van der Waals surface area contributed by atoms with Crippen LogP contribution in [0, 0.1) is 0 Å². The summed E-state index contributed by atoms with van der Waals surface area (Å²) in [6.45, 7) is 4.90. The summed E-state index contributed by atoms with van der Waals surface area (Å²) < 4.78 is 5.49. The molecule has 0 saturated heterocycles. The van der Waals surface area contributed by atoms with Gasteiger partial charge in [-0.25, -0.2) is 0 Å². The molecule has 77 heavy (non-hydrogen) atoms. The van der Waals surface area contributed by atoms with Gasteiger partial charge in [0, 0.05) is 12.8 Å². The zero-order chi connectivity index (χ0) is 55.7. The first kappa shape index (κ1) is 75.1. The highest BCUT2D eigenvalue weighted by Crippen LogP contribution is 2.18. The van der Waals surface area contributed by atoms with E-state index in [9.17, 15) is 19.8 Å². The van der Waals surface area contributed by atoms with E-state index in [2.05, 4.69) is 43.5 Å². The second-order valence-electron chi connectivity index (χ2n) is 23.9. The van der Waals surface area contributed by atoms with Crippen LogP contribution < -0.4 is 5.32 Å². The first-order valence-electron chi connectivity index (χ1n) is 34.8. The molecule has 1 amide bonds. The summed E-state index contributed by atoms with van der Waals surface area (Å²) in [5.74, 6) is -0.0530. The van der Waals surface area contributed by atoms with Gasteiger partial charge in [-0.2, -0.15) is 0 Å². The van der Waals surface area contributed by atoms with Crippen molar-refractivity contribution in [2.45, 2.75) is 392 Å². The lowest BCUT2D eigenvalue weighted by atomic mass is 10.0. The number of amides is 1. The summed E-state index contributed by atoms with van der Waals surface area (Å²) in [5, 5.41) is 23.0. The number of aliphatic hydroxyl groups is 2. The fourth-order valence-corrected chi connectivity index (χ4v) is 10.8. The van der Waals surface area contributed by atoms with Crippen LogP contribution in [0.15, 0.2) is 36.5 Å². The average molecular weight is 1080 g/mol. The SMILES string of the molecule is CCCCCCCC/C=C\CCCCCCCC(=O)OCCCCCCCCCCCCCCCC/C=C\CCCCCCCCCCCCCCCCCCCC(=O)NC(CO)C(O)/C=C/CCCCCCCCCC. The second-order valence-corrected chi connectivity index (χ2v) is 23.9. The minimum atomic E-state index is -0.840. The highest BCUT2D eigenvalue weighted by molar-refractivity contribution is 5.76. The van der Waals surface area contributed by atoms with Crippen molar-refractivity contribution in [3.8, 4) is 0 Å². The van der Waals surface area contributed by atoms with Crippen molar-refractivity contribution < 1.29 is 24.5 Å². The Labute approximate surface area is 481 Å². The van der Waals surface area contributed by atoms with E-state index in [0.29, 0.717) is 19.4 Å². The Bertz CT molecular complexity index is 1250. The highest BCUT2D eigenvalue weighted by atomic mass is 16.5. The maximum absolute atomic E-state index is 12.4. The number of ether oxygens (including phenoxy) is 1. The number of esters is 1. The molecule has 0 heterocycles. The molecule has 0 rings (SSSR count). The van der Waals surface area contributed by atoms with Gasteiger partial charge < -0.3 is 20.3 Å². The number of aliphatic hydroxyl groups excluding tert-OH is 2. The maximum atomic E-state index is 12.4. The molecule has 0 aliphatic carbocycles. The molecule has 0 radical (unpaired) electrons. The molecule has 0 aromatic carbocycles. The van der Waals surface area contributed by atoms with Gasteiger partial charge in [-0.15, -0.1) is 0 Å². The fourth-order valence-electron chi connectivity index (χ4n) is 10.8. The Balaban J connectivity index is 3.32. The summed E-state index contributed by atoms with van der Waals surface area (Å²) >= 11 is 0. The summed E-state index contributed by atoms with van der Waals surface area (Å²) in [5.41, 5.74) is 0. The number of nitrogens with one attached hydrogen (secondary N) is 1. The molecule has 0 spiro atoms. The monoisotopic (exact) mass is 1080 g/mol. The van der Waals surface area contributed by atoms with E-state index in [1.165, 1.54) is 308 Å². The van der Waals surface area contributed by atoms with Crippen LogP contribution in [0.5, 0.6) is 0 Å². The molecule has 454 valence electrons. The zero-order valence-electron chi connectivity index (χ0n) is 52.0. The van der Waals surface area contributed by atoms with Crippen molar-refractivity contribution in [3.63, 3.8) is 0 Å². The van der Waals surface area contributed by atoms with Gasteiger partial charge in [-0.05, 0) is 83.5 Å². The third kappa shape index (κ3) is 63.1. The molecule has 0 aliphatic heterocycles. The normalized spacial score (nSPS) is 12.7. The molecule has 0 aromatic heterocycles. The van der Waals surface area contributed by atoms with Gasteiger partial charge in [0.15, 0.2) is 0 Å². The summed E-state index contributed by atoms with van der Waals surface area (Å²) in [6.07, 6.45) is 85.3. The number of unbranched alkanes of at least 4 members (excludes halogenated alkanes) is 50. The largest absolute Gasteiger partial charge is 0.466 e. The van der Waals surface area contributed by atoms with E-state index >= 15 is 0 Å². The van der Waals surface area contributed by atoms with Crippen molar-refractivity contribution >= 4 is 11.9 Å². The zero-order valence-corrected chi connectivity index (χ0v) is 52.0. The molecule has 2 unspecified atom stereocenters. The smallest absolute Gasteiger partial charge is 0.305 e. The first-order valence-corrected chi connectivity index (χ1v) is 34.8. The van der Waals surface area contributed by atoms with Gasteiger partial charge >= 0.3 is 5.97 Å². The van der Waals surface area contributed by atoms with Crippen molar-refractivity contribution in [1.29, 1.82) is 0 Å². The van der Waals surface area contributed by atoms with Gasteiger partial charge in [-0.1, -0.05) is 320 Å². The van der Waals surface area contributed by atoms with Crippen LogP contribution in [-0.2, 0) is 14.3 Å². The standard InChI is InChI=1S/C71H135NO5/c1-3-5-7-9-11-13-15-16-38-42-45-49-53-57-61-65-71(76)77-66-62-58-54-50-46-43-40-37-35-33-31-29-27-25-23-21-19-17-18-20-22-24-26-28-30-32-34-36-39-41-44-48-52-56-60-64-70(75)72-68(67-73)69(74)63-59-55-51-47-14-12-10-8-6-4-2/h16,19,21,38,59,63,68-69,73-74H,3-15,17-18,20,22-37,39-58,60-62,64-67H2,1-2H3,(H,72,75)/b21-19-,38-16-,63-59+. The number of rotatable bonds is 65. The third-order valence-electron chi connectivity index (χ3n) is 16.1. The molecule has 3 N–H and O–H groups in total. The van der Waals surface area contributed by atoms with Crippen molar-refractivity contribution in [3.05, 3.63) is 36.5 Å². The minimum Gasteiger partial charge on any atom is -0.466 e. The second kappa shape index (κ2) is 66.6. The van der Waals surface area contributed by atoms with Gasteiger partial charge in [0.2, 0.25) is 5.91 Å². The summed E-state index contributed by atoms with van der Waals surface area (Å²) in [4.78, 5) is 24.5. The predicted molar refractivity (Wildman–Crippen MR) is 338 cm³/mol. The van der Waals surface area contributed by atoms with Crippen LogP contribution in [0.2, 0.25) is 0 Å². The molecule has 0 fully saturated rings. The Morgan fingerprint density at radius 3 is 0.922 bits per heavy atom. The number of allylic oxidation sites excluding steroid dienone is 5. The van der Waals surface area contributed by atoms with Gasteiger partial charge in [0.05, 0.1) is 25.4 Å². The van der Waals surface area contributed by atoms with E-state index in [4.69, 9.17) is 4.74 Å². The first-order chi connectivity index (χ1) is 38.0. The lowest BCUT2D eigenvalue weighted by molar-refractivity contribution is -0.143. The van der Waals surface area contributed by atoms with Gasteiger partial charge in [0.1, 0.15) is 0 Å². The molecule has 0 aromatic rings. The number of hydrogen-bond acceptors (Lipinski definition) is 5. The third-order valence-corrected chi connectivity index (χ3v) is 16.1. The van der Waals surface area contributed by atoms with Crippen LogP contribution in [-0.4, -0.2) is 47.4 Å². The highest BCUT2D eigenvalue weighted by Gasteiger charge is 2.18. The summed E-state index contributed by atoms with van der Waals surface area (Å²) in [6, 6.07) is -0.623. The Kier molecular flexibility index (Phi) is 64.9. The van der Waals surface area contributed by atoms with Crippen molar-refractivity contribution in [2.75, 3.05) is 13.2 Å². The molecular weight excluding hydrogens is 947 g/mol. The van der Waals surface area contributed by atoms with Crippen molar-refractivity contribution in [1.82, 2.24) is 5.32 Å². The van der Waals surface area contributed by atoms with Gasteiger partial charge in [0.25, 0.3) is 0 Å². The summed E-state index contributed by atoms with van der Waals surface area (Å²) in [7, 11) is 0. The van der Waals surface area contributed by atoms with Crippen molar-refractivity contribution in [2.24, 2.45) is 0 Å². The molecule has 6 nitrogen and oxygen atoms in total. The minimum absolute atomic E-state index is 0.0122. The average Bonchev–Trinajstić information content (AvgIpc) is 3.43. The quantitative estimate of drug-likeness (QED) is 0.0320. The molecule has 2 atom stereocenters. The predicted octanol–water partition coefficient (Wildman–Crippen LogP) is 22.3. The lowest BCUT2D eigenvalue weighted by Gasteiger charge is -2.20. The van der Waals surface area contributed by atoms with E-state index in [1.807, 2.05) is 6.08 Å². The number of carbonyl (C=O) groups excluding carboxylic acids is 2. The van der Waals surface area contributed by atoms with Crippen LogP contribution in [0.1, 0.15) is 380 Å². The molecule has 0 aliphatic rings. The molecular formula is C71H135NO5. The van der Waals surface area contributed by atoms with Crippen LogP contribution in [0.3, 0.4) is 0 Å². The maximum Gasteiger partial charge on any atom is 0.305 e. The van der Waals surface area contributed by atoms with E-state index in [0.717, 1.165) is 44.9 Å². The van der Waals surface area contributed by atoms with Gasteiger partial charge in [-0.3, -0.25) is 9.59 Å². The van der Waals surface area contributed by atoms with Crippen LogP contribution >= 0.6 is 0 Å². The lowest BCUT2D eigenvalue weighted by Crippen LogP contribution is -2.45. The molecule has 0 saturated carbocycles. The topological polar surface area (TPSA) is 95.9 Å². The molecule has 0 bridgehead atoms. The fraction of sp³-hybridized carbons (Fsp3) is 0.887. The van der Waals surface area contributed by atoms with E-state index < -0.39 is 12.1 Å². The Morgan fingerprint density at radius 2 is 0.610 bits per heavy atom. The number of hydrogen-bond donors (Lipinski definition) is 3. The molecule has 6 heteroatoms. The Hall–Kier alpha value is -1.92. The van der Waals surface area contributed by atoms with E-state index in [1.54, 1.807) is 6.08 Å². The van der Waals surface area contributed by atoms with E-state index in [-0.39, 0.29) is 18.5 Å². The van der Waals surface area contributed by atoms with Crippen LogP contribution in [0.25, 0.3) is 0 Å². The Morgan fingerprint density at radius 1 is 0.351 bits per heavy atom. The number of carbonyl (C=O) groups is 2.